The number of thioether (sulfide) groups is 1. The second-order valence-corrected chi connectivity index (χ2v) is 4.35. The number of ketones is 1. The van der Waals surface area contributed by atoms with E-state index in [4.69, 9.17) is 10.2 Å². The Morgan fingerprint density at radius 3 is 2.36 bits per heavy atom. The SMILES string of the molecule is O=C(O)CC1CSC(CC(=O)O)C1=O. The normalized spacial score (nSPS) is 26.4. The molecule has 2 N–H and O–H groups in total. The summed E-state index contributed by atoms with van der Waals surface area (Å²) in [5.41, 5.74) is 0. The van der Waals surface area contributed by atoms with Crippen molar-refractivity contribution in [2.45, 2.75) is 18.1 Å². The van der Waals surface area contributed by atoms with E-state index < -0.39 is 23.1 Å². The van der Waals surface area contributed by atoms with E-state index in [1.54, 1.807) is 0 Å². The van der Waals surface area contributed by atoms with E-state index in [-0.39, 0.29) is 18.6 Å². The van der Waals surface area contributed by atoms with E-state index in [1.807, 2.05) is 0 Å². The van der Waals surface area contributed by atoms with Crippen molar-refractivity contribution in [2.75, 3.05) is 5.75 Å². The first-order valence-corrected chi connectivity index (χ1v) is 5.14. The van der Waals surface area contributed by atoms with Crippen molar-refractivity contribution >= 4 is 29.5 Å². The number of hydrogen-bond donors (Lipinski definition) is 2. The molecule has 1 rings (SSSR count). The Bertz CT molecular complexity index is 249. The monoisotopic (exact) mass is 218 g/mol. The lowest BCUT2D eigenvalue weighted by Crippen LogP contribution is -2.23. The quantitative estimate of drug-likeness (QED) is 0.702. The maximum atomic E-state index is 11.4. The minimum Gasteiger partial charge on any atom is -0.481 e. The van der Waals surface area contributed by atoms with Crippen molar-refractivity contribution in [1.82, 2.24) is 0 Å². The lowest BCUT2D eigenvalue weighted by atomic mass is 9.99. The molecular formula is C8H10O5S. The van der Waals surface area contributed by atoms with E-state index in [1.165, 1.54) is 11.8 Å². The molecule has 2 atom stereocenters. The van der Waals surface area contributed by atoms with Gasteiger partial charge in [0.15, 0.2) is 5.78 Å². The van der Waals surface area contributed by atoms with Crippen molar-refractivity contribution in [3.63, 3.8) is 0 Å². The summed E-state index contributed by atoms with van der Waals surface area (Å²) in [5, 5.41) is 16.4. The summed E-state index contributed by atoms with van der Waals surface area (Å²) in [6, 6.07) is 0. The van der Waals surface area contributed by atoms with Gasteiger partial charge >= 0.3 is 11.9 Å². The van der Waals surface area contributed by atoms with E-state index in [0.717, 1.165) is 0 Å². The van der Waals surface area contributed by atoms with Gasteiger partial charge in [-0.15, -0.1) is 11.8 Å². The molecule has 14 heavy (non-hydrogen) atoms. The maximum Gasteiger partial charge on any atom is 0.304 e. The predicted molar refractivity (Wildman–Crippen MR) is 49.2 cm³/mol. The third-order valence-electron chi connectivity index (χ3n) is 2.00. The average Bonchev–Trinajstić information content (AvgIpc) is 2.34. The highest BCUT2D eigenvalue weighted by Gasteiger charge is 2.36. The largest absolute Gasteiger partial charge is 0.481 e. The lowest BCUT2D eigenvalue weighted by Gasteiger charge is -2.04. The van der Waals surface area contributed by atoms with E-state index in [2.05, 4.69) is 0 Å². The fourth-order valence-corrected chi connectivity index (χ4v) is 2.71. The number of carboxylic acids is 2. The van der Waals surface area contributed by atoms with E-state index >= 15 is 0 Å². The molecular weight excluding hydrogens is 208 g/mol. The molecule has 1 heterocycles. The van der Waals surface area contributed by atoms with Gasteiger partial charge in [0.2, 0.25) is 0 Å². The number of hydrogen-bond acceptors (Lipinski definition) is 4. The number of carbonyl (C=O) groups excluding carboxylic acids is 1. The van der Waals surface area contributed by atoms with Crippen molar-refractivity contribution in [3.8, 4) is 0 Å². The average molecular weight is 218 g/mol. The van der Waals surface area contributed by atoms with Gasteiger partial charge in [-0.3, -0.25) is 14.4 Å². The highest BCUT2D eigenvalue weighted by molar-refractivity contribution is 8.01. The number of aliphatic carboxylic acids is 2. The van der Waals surface area contributed by atoms with Gasteiger partial charge in [0.25, 0.3) is 0 Å². The standard InChI is InChI=1S/C8H10O5S/c9-6(10)1-4-3-14-5(8(4)13)2-7(11)12/h4-5H,1-3H2,(H,9,10)(H,11,12). The molecule has 0 aromatic carbocycles. The molecule has 1 aliphatic rings. The number of carbonyl (C=O) groups is 3. The van der Waals surface area contributed by atoms with Gasteiger partial charge < -0.3 is 10.2 Å². The Morgan fingerprint density at radius 1 is 1.29 bits per heavy atom. The molecule has 0 aromatic heterocycles. The van der Waals surface area contributed by atoms with Crippen LogP contribution in [0.1, 0.15) is 12.8 Å². The van der Waals surface area contributed by atoms with Gasteiger partial charge in [-0.2, -0.15) is 0 Å². The Morgan fingerprint density at radius 2 is 1.86 bits per heavy atom. The van der Waals surface area contributed by atoms with Gasteiger partial charge in [-0.1, -0.05) is 0 Å². The summed E-state index contributed by atoms with van der Waals surface area (Å²) < 4.78 is 0. The van der Waals surface area contributed by atoms with Crippen LogP contribution in [0.25, 0.3) is 0 Å². The molecule has 0 saturated carbocycles. The Labute approximate surface area is 84.5 Å². The minimum absolute atomic E-state index is 0.193. The van der Waals surface area contributed by atoms with Crippen molar-refractivity contribution < 1.29 is 24.6 Å². The van der Waals surface area contributed by atoms with Crippen LogP contribution in [0, 0.1) is 5.92 Å². The fourth-order valence-electron chi connectivity index (χ4n) is 1.35. The summed E-state index contributed by atoms with van der Waals surface area (Å²) in [6.07, 6.45) is -0.401. The fraction of sp³-hybridized carbons (Fsp3) is 0.625. The minimum atomic E-state index is -1.02. The topological polar surface area (TPSA) is 91.7 Å². The third-order valence-corrected chi connectivity index (χ3v) is 3.40. The molecule has 1 aliphatic heterocycles. The molecule has 0 aliphatic carbocycles. The van der Waals surface area contributed by atoms with Gasteiger partial charge in [0.1, 0.15) is 0 Å². The zero-order chi connectivity index (χ0) is 10.7. The molecule has 0 bridgehead atoms. The van der Waals surface area contributed by atoms with Crippen molar-refractivity contribution in [2.24, 2.45) is 5.92 Å². The summed E-state index contributed by atoms with van der Waals surface area (Å²) in [6.45, 7) is 0. The van der Waals surface area contributed by atoms with Crippen LogP contribution in [0.15, 0.2) is 0 Å². The van der Waals surface area contributed by atoms with Crippen LogP contribution in [-0.4, -0.2) is 38.9 Å². The zero-order valence-corrected chi connectivity index (χ0v) is 8.12. The van der Waals surface area contributed by atoms with Gasteiger partial charge in [0, 0.05) is 11.7 Å². The van der Waals surface area contributed by atoms with Crippen LogP contribution >= 0.6 is 11.8 Å². The smallest absolute Gasteiger partial charge is 0.304 e. The molecule has 5 nitrogen and oxygen atoms in total. The molecule has 2 unspecified atom stereocenters. The number of rotatable bonds is 4. The number of carboxylic acid groups (broad SMARTS) is 2. The summed E-state index contributed by atoms with van der Waals surface area (Å²) >= 11 is 1.24. The first kappa shape index (κ1) is 11.0. The molecule has 0 spiro atoms. The maximum absolute atomic E-state index is 11.4. The van der Waals surface area contributed by atoms with Crippen LogP contribution in [0.2, 0.25) is 0 Å². The lowest BCUT2D eigenvalue weighted by molar-refractivity contribution is -0.140. The molecule has 6 heteroatoms. The molecule has 1 fully saturated rings. The molecule has 78 valence electrons. The third kappa shape index (κ3) is 2.73. The first-order chi connectivity index (χ1) is 6.50. The van der Waals surface area contributed by atoms with Crippen LogP contribution in [-0.2, 0) is 14.4 Å². The summed E-state index contributed by atoms with van der Waals surface area (Å²) in [4.78, 5) is 32.1. The Kier molecular flexibility index (Phi) is 3.51. The van der Waals surface area contributed by atoms with Crippen molar-refractivity contribution in [3.05, 3.63) is 0 Å². The summed E-state index contributed by atoms with van der Waals surface area (Å²) in [5.74, 6) is -2.36. The predicted octanol–water partition coefficient (Wildman–Crippen LogP) is 0.236. The number of Topliss-reactive ketones (excluding diaryl/α,β-unsaturated/α-hetero) is 1. The van der Waals surface area contributed by atoms with Gasteiger partial charge in [0.05, 0.1) is 18.1 Å². The van der Waals surface area contributed by atoms with E-state index in [9.17, 15) is 14.4 Å². The van der Waals surface area contributed by atoms with Crippen LogP contribution in [0.4, 0.5) is 0 Å². The Hall–Kier alpha value is -1.04. The van der Waals surface area contributed by atoms with Crippen LogP contribution in [0.3, 0.4) is 0 Å². The Balaban J connectivity index is 2.51. The summed E-state index contributed by atoms with van der Waals surface area (Å²) in [7, 11) is 0. The molecule has 0 aromatic rings. The molecule has 0 amide bonds. The van der Waals surface area contributed by atoms with E-state index in [0.29, 0.717) is 5.75 Å². The second kappa shape index (κ2) is 4.45. The first-order valence-electron chi connectivity index (χ1n) is 4.09. The van der Waals surface area contributed by atoms with Gasteiger partial charge in [-0.25, -0.2) is 0 Å². The van der Waals surface area contributed by atoms with Gasteiger partial charge in [-0.05, 0) is 0 Å². The highest BCUT2D eigenvalue weighted by atomic mass is 32.2. The van der Waals surface area contributed by atoms with Crippen molar-refractivity contribution in [1.29, 1.82) is 0 Å². The molecule has 1 saturated heterocycles. The zero-order valence-electron chi connectivity index (χ0n) is 7.30. The molecule has 0 radical (unpaired) electrons. The van der Waals surface area contributed by atoms with Crippen LogP contribution in [0.5, 0.6) is 0 Å². The highest BCUT2D eigenvalue weighted by Crippen LogP contribution is 2.32. The van der Waals surface area contributed by atoms with Crippen LogP contribution < -0.4 is 0 Å². The second-order valence-electron chi connectivity index (χ2n) is 3.12.